The number of hydrogen-bond donors (Lipinski definition) is 1. The number of benzene rings is 2. The Bertz CT molecular complexity index is 1250. The van der Waals surface area contributed by atoms with Gasteiger partial charge in [-0.25, -0.2) is 9.97 Å². The standard InChI is InChI=1S/C24H22Cl2N6/c1-31-9-11-32(12-10-31)24-27-8-7-21(30-24)29-22-14-16-5-6-17(13-18(16)15-28-22)23-19(25)3-2-4-20(23)26/h2-8,13-15H,9-12H2,1H3,(H,27,28,29,30). The molecule has 4 aromatic rings. The van der Waals surface area contributed by atoms with Gasteiger partial charge >= 0.3 is 0 Å². The van der Waals surface area contributed by atoms with Gasteiger partial charge in [-0.1, -0.05) is 41.4 Å². The van der Waals surface area contributed by atoms with E-state index in [1.54, 1.807) is 6.20 Å². The molecule has 1 aliphatic heterocycles. The summed E-state index contributed by atoms with van der Waals surface area (Å²) < 4.78 is 0. The van der Waals surface area contributed by atoms with Gasteiger partial charge in [-0.05, 0) is 48.3 Å². The molecule has 2 aromatic heterocycles. The molecule has 1 N–H and O–H groups in total. The summed E-state index contributed by atoms with van der Waals surface area (Å²) in [5, 5.41) is 6.63. The zero-order valence-corrected chi connectivity index (χ0v) is 19.1. The molecule has 0 unspecified atom stereocenters. The number of halogens is 2. The van der Waals surface area contributed by atoms with Gasteiger partial charge in [0.1, 0.15) is 11.6 Å². The first-order chi connectivity index (χ1) is 15.6. The average Bonchev–Trinajstić information content (AvgIpc) is 2.80. The Morgan fingerprint density at radius 1 is 0.844 bits per heavy atom. The van der Waals surface area contributed by atoms with E-state index in [-0.39, 0.29) is 0 Å². The highest BCUT2D eigenvalue weighted by Gasteiger charge is 2.16. The van der Waals surface area contributed by atoms with E-state index in [4.69, 9.17) is 23.2 Å². The van der Waals surface area contributed by atoms with Crippen molar-refractivity contribution in [2.24, 2.45) is 0 Å². The van der Waals surface area contributed by atoms with E-state index in [0.717, 1.165) is 65.7 Å². The number of likely N-dealkylation sites (N-methyl/N-ethyl adjacent to an activating group) is 1. The summed E-state index contributed by atoms with van der Waals surface area (Å²) in [6.07, 6.45) is 3.62. The second-order valence-corrected chi connectivity index (χ2v) is 8.70. The molecule has 6 nitrogen and oxygen atoms in total. The highest BCUT2D eigenvalue weighted by Crippen LogP contribution is 2.36. The summed E-state index contributed by atoms with van der Waals surface area (Å²) in [6, 6.07) is 15.5. The van der Waals surface area contributed by atoms with E-state index in [0.29, 0.717) is 10.0 Å². The maximum Gasteiger partial charge on any atom is 0.227 e. The van der Waals surface area contributed by atoms with E-state index in [9.17, 15) is 0 Å². The van der Waals surface area contributed by atoms with Crippen LogP contribution in [0.1, 0.15) is 0 Å². The second-order valence-electron chi connectivity index (χ2n) is 7.89. The maximum absolute atomic E-state index is 6.38. The van der Waals surface area contributed by atoms with Crippen molar-refractivity contribution in [1.29, 1.82) is 0 Å². The van der Waals surface area contributed by atoms with Crippen LogP contribution in [0.4, 0.5) is 17.6 Å². The number of rotatable bonds is 4. The minimum atomic E-state index is 0.628. The Morgan fingerprint density at radius 3 is 2.41 bits per heavy atom. The maximum atomic E-state index is 6.38. The third-order valence-electron chi connectivity index (χ3n) is 5.66. The van der Waals surface area contributed by atoms with E-state index < -0.39 is 0 Å². The lowest BCUT2D eigenvalue weighted by Gasteiger charge is -2.32. The minimum absolute atomic E-state index is 0.628. The molecule has 0 atom stereocenters. The number of aromatic nitrogens is 3. The molecule has 32 heavy (non-hydrogen) atoms. The van der Waals surface area contributed by atoms with Crippen LogP contribution in [0.3, 0.4) is 0 Å². The predicted molar refractivity (Wildman–Crippen MR) is 132 cm³/mol. The van der Waals surface area contributed by atoms with Crippen LogP contribution < -0.4 is 10.2 Å². The van der Waals surface area contributed by atoms with Gasteiger partial charge in [-0.2, -0.15) is 4.98 Å². The zero-order valence-electron chi connectivity index (χ0n) is 17.6. The molecule has 3 heterocycles. The first-order valence-electron chi connectivity index (χ1n) is 10.4. The Hall–Kier alpha value is -2.93. The summed E-state index contributed by atoms with van der Waals surface area (Å²) in [7, 11) is 2.13. The molecule has 162 valence electrons. The van der Waals surface area contributed by atoms with Crippen molar-refractivity contribution in [3.63, 3.8) is 0 Å². The lowest BCUT2D eigenvalue weighted by Crippen LogP contribution is -2.45. The lowest BCUT2D eigenvalue weighted by molar-refractivity contribution is 0.311. The van der Waals surface area contributed by atoms with Gasteiger partial charge in [-0.3, -0.25) is 0 Å². The summed E-state index contributed by atoms with van der Waals surface area (Å²) in [4.78, 5) is 18.2. The number of anilines is 3. The van der Waals surface area contributed by atoms with Crippen molar-refractivity contribution in [2.45, 2.75) is 0 Å². The fraction of sp³-hybridized carbons (Fsp3) is 0.208. The molecule has 0 aliphatic carbocycles. The van der Waals surface area contributed by atoms with Crippen molar-refractivity contribution < 1.29 is 0 Å². The Balaban J connectivity index is 1.38. The number of piperazine rings is 1. The van der Waals surface area contributed by atoms with Crippen LogP contribution in [0.5, 0.6) is 0 Å². The Labute approximate surface area is 196 Å². The first kappa shape index (κ1) is 20.9. The smallest absolute Gasteiger partial charge is 0.227 e. The minimum Gasteiger partial charge on any atom is -0.338 e. The van der Waals surface area contributed by atoms with Crippen LogP contribution in [0, 0.1) is 0 Å². The van der Waals surface area contributed by atoms with Crippen LogP contribution >= 0.6 is 23.2 Å². The van der Waals surface area contributed by atoms with Gasteiger partial charge in [0.15, 0.2) is 0 Å². The molecular weight excluding hydrogens is 443 g/mol. The van der Waals surface area contributed by atoms with Crippen LogP contribution in [0.15, 0.2) is 60.9 Å². The van der Waals surface area contributed by atoms with Crippen LogP contribution in [-0.4, -0.2) is 53.1 Å². The third-order valence-corrected chi connectivity index (χ3v) is 6.29. The Morgan fingerprint density at radius 2 is 1.62 bits per heavy atom. The SMILES string of the molecule is CN1CCN(c2nccc(Nc3cc4ccc(-c5c(Cl)cccc5Cl)cc4cn3)n2)CC1. The first-order valence-corrected chi connectivity index (χ1v) is 11.2. The summed E-state index contributed by atoms with van der Waals surface area (Å²) in [5.41, 5.74) is 1.79. The van der Waals surface area contributed by atoms with Crippen molar-refractivity contribution in [3.05, 3.63) is 71.0 Å². The van der Waals surface area contributed by atoms with Gasteiger partial charge < -0.3 is 15.1 Å². The fourth-order valence-corrected chi connectivity index (χ4v) is 4.46. The van der Waals surface area contributed by atoms with Gasteiger partial charge in [0, 0.05) is 59.6 Å². The quantitative estimate of drug-likeness (QED) is 0.430. The molecule has 0 spiro atoms. The number of nitrogens with one attached hydrogen (secondary N) is 1. The number of hydrogen-bond acceptors (Lipinski definition) is 6. The highest BCUT2D eigenvalue weighted by atomic mass is 35.5. The van der Waals surface area contributed by atoms with E-state index in [1.165, 1.54) is 0 Å². The molecule has 1 saturated heterocycles. The van der Waals surface area contributed by atoms with Gasteiger partial charge in [0.2, 0.25) is 5.95 Å². The molecule has 0 radical (unpaired) electrons. The van der Waals surface area contributed by atoms with Crippen LogP contribution in [-0.2, 0) is 0 Å². The molecule has 0 bridgehead atoms. The molecule has 5 rings (SSSR count). The summed E-state index contributed by atoms with van der Waals surface area (Å²) in [5.74, 6) is 2.19. The normalized spacial score (nSPS) is 14.7. The molecule has 8 heteroatoms. The van der Waals surface area contributed by atoms with Crippen molar-refractivity contribution in [2.75, 3.05) is 43.4 Å². The van der Waals surface area contributed by atoms with E-state index >= 15 is 0 Å². The molecule has 0 amide bonds. The largest absolute Gasteiger partial charge is 0.338 e. The van der Waals surface area contributed by atoms with Crippen molar-refractivity contribution >= 4 is 51.6 Å². The fourth-order valence-electron chi connectivity index (χ4n) is 3.85. The van der Waals surface area contributed by atoms with Crippen molar-refractivity contribution in [3.8, 4) is 11.1 Å². The van der Waals surface area contributed by atoms with Gasteiger partial charge in [0.25, 0.3) is 0 Å². The van der Waals surface area contributed by atoms with Crippen LogP contribution in [0.2, 0.25) is 10.0 Å². The zero-order chi connectivity index (χ0) is 22.1. The molecule has 1 aliphatic rings. The third kappa shape index (κ3) is 4.35. The molecule has 1 fully saturated rings. The van der Waals surface area contributed by atoms with Crippen LogP contribution in [0.25, 0.3) is 21.9 Å². The Kier molecular flexibility index (Phi) is 5.83. The highest BCUT2D eigenvalue weighted by molar-refractivity contribution is 6.39. The predicted octanol–water partition coefficient (Wildman–Crippen LogP) is 5.49. The topological polar surface area (TPSA) is 57.2 Å². The van der Waals surface area contributed by atoms with Crippen molar-refractivity contribution in [1.82, 2.24) is 19.9 Å². The second kappa shape index (κ2) is 8.90. The van der Waals surface area contributed by atoms with E-state index in [1.807, 2.05) is 48.7 Å². The summed E-state index contributed by atoms with van der Waals surface area (Å²) in [6.45, 7) is 3.86. The number of nitrogens with zero attached hydrogens (tertiary/aromatic N) is 5. The molecule has 2 aromatic carbocycles. The van der Waals surface area contributed by atoms with Gasteiger partial charge in [0.05, 0.1) is 0 Å². The number of fused-ring (bicyclic) bond motifs is 1. The lowest BCUT2D eigenvalue weighted by atomic mass is 10.0. The monoisotopic (exact) mass is 464 g/mol. The molecule has 0 saturated carbocycles. The molecular formula is C24H22Cl2N6. The van der Waals surface area contributed by atoms with Gasteiger partial charge in [-0.15, -0.1) is 0 Å². The number of pyridine rings is 1. The summed E-state index contributed by atoms with van der Waals surface area (Å²) >= 11 is 12.8. The average molecular weight is 465 g/mol. The van der Waals surface area contributed by atoms with E-state index in [2.05, 4.69) is 43.2 Å².